The number of amides is 1. The molecule has 0 bridgehead atoms. The first-order chi connectivity index (χ1) is 7.52. The predicted octanol–water partition coefficient (Wildman–Crippen LogP) is 1.24. The summed E-state index contributed by atoms with van der Waals surface area (Å²) in [5.74, 6) is 0.0590. The molecule has 86 valence electrons. The van der Waals surface area contributed by atoms with Gasteiger partial charge in [-0.25, -0.2) is 0 Å². The van der Waals surface area contributed by atoms with E-state index in [9.17, 15) is 4.79 Å². The normalized spacial score (nSPS) is 25.3. The molecule has 1 amide bonds. The van der Waals surface area contributed by atoms with E-state index in [0.29, 0.717) is 6.54 Å². The van der Waals surface area contributed by atoms with Crippen molar-refractivity contribution in [1.82, 2.24) is 10.6 Å². The van der Waals surface area contributed by atoms with E-state index >= 15 is 0 Å². The number of aryl methyl sites for hydroxylation is 2. The molecule has 0 aliphatic carbocycles. The number of carbonyl (C=O) groups excluding carboxylic acids is 1. The van der Waals surface area contributed by atoms with Gasteiger partial charge in [-0.15, -0.1) is 0 Å². The van der Waals surface area contributed by atoms with Crippen molar-refractivity contribution in [3.05, 3.63) is 34.9 Å². The van der Waals surface area contributed by atoms with Gasteiger partial charge in [0, 0.05) is 13.1 Å². The van der Waals surface area contributed by atoms with Gasteiger partial charge in [-0.3, -0.25) is 10.1 Å². The lowest BCUT2D eigenvalue weighted by molar-refractivity contribution is -0.128. The summed E-state index contributed by atoms with van der Waals surface area (Å²) in [6.45, 7) is 7.57. The second-order valence-corrected chi connectivity index (χ2v) is 4.68. The number of nitrogens with one attached hydrogen (secondary N) is 2. The van der Waals surface area contributed by atoms with Gasteiger partial charge in [0.15, 0.2) is 0 Å². The molecule has 1 atom stereocenters. The Kier molecular flexibility index (Phi) is 2.72. The summed E-state index contributed by atoms with van der Waals surface area (Å²) in [5, 5.41) is 6.21. The van der Waals surface area contributed by atoms with Crippen molar-refractivity contribution in [2.75, 3.05) is 13.1 Å². The van der Waals surface area contributed by atoms with Gasteiger partial charge in [-0.2, -0.15) is 0 Å². The quantitative estimate of drug-likeness (QED) is 0.744. The van der Waals surface area contributed by atoms with Crippen molar-refractivity contribution in [2.24, 2.45) is 0 Å². The fourth-order valence-electron chi connectivity index (χ4n) is 2.24. The first-order valence-electron chi connectivity index (χ1n) is 5.64. The zero-order chi connectivity index (χ0) is 11.8. The molecule has 3 nitrogen and oxygen atoms in total. The van der Waals surface area contributed by atoms with Crippen LogP contribution < -0.4 is 10.6 Å². The van der Waals surface area contributed by atoms with Gasteiger partial charge >= 0.3 is 0 Å². The monoisotopic (exact) mass is 218 g/mol. The van der Waals surface area contributed by atoms with E-state index in [2.05, 4.69) is 42.7 Å². The highest BCUT2D eigenvalue weighted by Gasteiger charge is 2.36. The minimum absolute atomic E-state index is 0.0590. The van der Waals surface area contributed by atoms with Crippen molar-refractivity contribution < 1.29 is 4.79 Å². The molecule has 1 unspecified atom stereocenters. The van der Waals surface area contributed by atoms with Gasteiger partial charge in [-0.1, -0.05) is 29.3 Å². The lowest BCUT2D eigenvalue weighted by Gasteiger charge is -2.34. The van der Waals surface area contributed by atoms with E-state index in [-0.39, 0.29) is 5.91 Å². The maximum absolute atomic E-state index is 12.0. The second kappa shape index (κ2) is 3.91. The molecule has 2 rings (SSSR count). The topological polar surface area (TPSA) is 41.1 Å². The summed E-state index contributed by atoms with van der Waals surface area (Å²) in [5.41, 5.74) is 2.84. The van der Waals surface area contributed by atoms with Crippen LogP contribution in [0.2, 0.25) is 0 Å². The van der Waals surface area contributed by atoms with Crippen LogP contribution in [0.25, 0.3) is 0 Å². The second-order valence-electron chi connectivity index (χ2n) is 4.68. The molecular weight excluding hydrogens is 200 g/mol. The summed E-state index contributed by atoms with van der Waals surface area (Å²) >= 11 is 0. The number of hydrogen-bond acceptors (Lipinski definition) is 2. The van der Waals surface area contributed by atoms with Crippen LogP contribution in [0.1, 0.15) is 23.6 Å². The van der Waals surface area contributed by atoms with E-state index in [4.69, 9.17) is 0 Å². The Bertz CT molecular complexity index is 408. The summed E-state index contributed by atoms with van der Waals surface area (Å²) in [6.07, 6.45) is 0. The van der Waals surface area contributed by atoms with Crippen molar-refractivity contribution in [3.8, 4) is 0 Å². The molecule has 1 aliphatic heterocycles. The molecule has 16 heavy (non-hydrogen) atoms. The molecule has 1 saturated heterocycles. The molecule has 1 heterocycles. The molecule has 1 fully saturated rings. The Morgan fingerprint density at radius 3 is 2.31 bits per heavy atom. The first-order valence-corrected chi connectivity index (χ1v) is 5.64. The molecule has 0 saturated carbocycles. The standard InChI is InChI=1S/C13H18N2O/c1-9-6-10(2)8-11(7-9)13(3)12(16)14-4-5-15-13/h6-8,15H,4-5H2,1-3H3,(H,14,16). The molecule has 2 N–H and O–H groups in total. The van der Waals surface area contributed by atoms with Crippen LogP contribution in [0.5, 0.6) is 0 Å². The molecule has 1 aromatic carbocycles. The van der Waals surface area contributed by atoms with Gasteiger partial charge in [0.25, 0.3) is 0 Å². The van der Waals surface area contributed by atoms with Gasteiger partial charge in [0.1, 0.15) is 5.54 Å². The smallest absolute Gasteiger partial charge is 0.244 e. The zero-order valence-electron chi connectivity index (χ0n) is 10.1. The van der Waals surface area contributed by atoms with Crippen LogP contribution in [0, 0.1) is 13.8 Å². The highest BCUT2D eigenvalue weighted by molar-refractivity contribution is 5.88. The summed E-state index contributed by atoms with van der Waals surface area (Å²) < 4.78 is 0. The van der Waals surface area contributed by atoms with Gasteiger partial charge in [0.2, 0.25) is 5.91 Å². The molecule has 1 aliphatic rings. The summed E-state index contributed by atoms with van der Waals surface area (Å²) in [7, 11) is 0. The Morgan fingerprint density at radius 1 is 1.12 bits per heavy atom. The number of carbonyl (C=O) groups is 1. The van der Waals surface area contributed by atoms with Crippen LogP contribution in [0.4, 0.5) is 0 Å². The SMILES string of the molecule is Cc1cc(C)cc(C2(C)NCCNC2=O)c1. The van der Waals surface area contributed by atoms with Crippen LogP contribution >= 0.6 is 0 Å². The lowest BCUT2D eigenvalue weighted by Crippen LogP contribution is -2.59. The van der Waals surface area contributed by atoms with Gasteiger partial charge < -0.3 is 5.32 Å². The number of rotatable bonds is 1. The molecule has 0 spiro atoms. The fourth-order valence-corrected chi connectivity index (χ4v) is 2.24. The molecule has 1 aromatic rings. The third-order valence-corrected chi connectivity index (χ3v) is 3.14. The van der Waals surface area contributed by atoms with Crippen LogP contribution in [0.15, 0.2) is 18.2 Å². The Hall–Kier alpha value is -1.35. The predicted molar refractivity (Wildman–Crippen MR) is 64.3 cm³/mol. The average Bonchev–Trinajstić information content (AvgIpc) is 2.21. The van der Waals surface area contributed by atoms with E-state index in [0.717, 1.165) is 12.1 Å². The van der Waals surface area contributed by atoms with Crippen molar-refractivity contribution in [3.63, 3.8) is 0 Å². The maximum Gasteiger partial charge on any atom is 0.244 e. The minimum Gasteiger partial charge on any atom is -0.353 e. The van der Waals surface area contributed by atoms with Crippen molar-refractivity contribution in [2.45, 2.75) is 26.3 Å². The van der Waals surface area contributed by atoms with Gasteiger partial charge in [0.05, 0.1) is 0 Å². The lowest BCUT2D eigenvalue weighted by atomic mass is 9.87. The number of benzene rings is 1. The van der Waals surface area contributed by atoms with Crippen LogP contribution in [0.3, 0.4) is 0 Å². The van der Waals surface area contributed by atoms with E-state index in [1.54, 1.807) is 0 Å². The number of piperazine rings is 1. The summed E-state index contributed by atoms with van der Waals surface area (Å²) in [4.78, 5) is 12.0. The zero-order valence-corrected chi connectivity index (χ0v) is 10.1. The Balaban J connectivity index is 2.44. The van der Waals surface area contributed by atoms with Crippen LogP contribution in [-0.4, -0.2) is 19.0 Å². The Labute approximate surface area is 96.2 Å². The minimum atomic E-state index is -0.588. The van der Waals surface area contributed by atoms with E-state index in [1.165, 1.54) is 11.1 Å². The molecule has 0 radical (unpaired) electrons. The average molecular weight is 218 g/mol. The first kappa shape index (κ1) is 11.1. The molecule has 3 heteroatoms. The van der Waals surface area contributed by atoms with Crippen molar-refractivity contribution in [1.29, 1.82) is 0 Å². The third-order valence-electron chi connectivity index (χ3n) is 3.14. The van der Waals surface area contributed by atoms with E-state index < -0.39 is 5.54 Å². The molecule has 0 aromatic heterocycles. The Morgan fingerprint density at radius 2 is 1.75 bits per heavy atom. The highest BCUT2D eigenvalue weighted by atomic mass is 16.2. The molecular formula is C13H18N2O. The van der Waals surface area contributed by atoms with Gasteiger partial charge in [-0.05, 0) is 26.3 Å². The van der Waals surface area contributed by atoms with E-state index in [1.807, 2.05) is 6.92 Å². The highest BCUT2D eigenvalue weighted by Crippen LogP contribution is 2.24. The largest absolute Gasteiger partial charge is 0.353 e. The van der Waals surface area contributed by atoms with Crippen LogP contribution in [-0.2, 0) is 10.3 Å². The maximum atomic E-state index is 12.0. The summed E-state index contributed by atoms with van der Waals surface area (Å²) in [6, 6.07) is 6.27. The third kappa shape index (κ3) is 1.83. The van der Waals surface area contributed by atoms with Crippen molar-refractivity contribution >= 4 is 5.91 Å². The number of hydrogen-bond donors (Lipinski definition) is 2. The fraction of sp³-hybridized carbons (Fsp3) is 0.462.